The lowest BCUT2D eigenvalue weighted by atomic mass is 10.0. The molecule has 0 unspecified atom stereocenters. The van der Waals surface area contributed by atoms with Crippen molar-refractivity contribution >= 4 is 22.6 Å². The molecule has 0 aliphatic carbocycles. The Labute approximate surface area is 227 Å². The third-order valence-corrected chi connectivity index (χ3v) is 7.03. The second kappa shape index (κ2) is 10.7. The highest BCUT2D eigenvalue weighted by molar-refractivity contribution is 6.30. The van der Waals surface area contributed by atoms with Crippen molar-refractivity contribution in [1.29, 1.82) is 0 Å². The van der Waals surface area contributed by atoms with Gasteiger partial charge in [0.2, 0.25) is 5.88 Å². The maximum Gasteiger partial charge on any atom is 0.214 e. The van der Waals surface area contributed by atoms with Crippen molar-refractivity contribution in [1.82, 2.24) is 14.5 Å². The normalized spacial score (nSPS) is 14.9. The molecule has 1 saturated heterocycles. The van der Waals surface area contributed by atoms with E-state index < -0.39 is 17.5 Å². The number of ether oxygens (including phenoxy) is 2. The largest absolute Gasteiger partial charge is 0.473 e. The summed E-state index contributed by atoms with van der Waals surface area (Å²) in [4.78, 5) is 9.02. The monoisotopic (exact) mass is 549 g/mol. The lowest BCUT2D eigenvalue weighted by Crippen LogP contribution is -2.31. The van der Waals surface area contributed by atoms with Gasteiger partial charge in [-0.2, -0.15) is 0 Å². The molecule has 0 saturated carbocycles. The van der Waals surface area contributed by atoms with Gasteiger partial charge in [-0.05, 0) is 48.9 Å². The summed E-state index contributed by atoms with van der Waals surface area (Å²) in [5, 5.41) is 0.286. The number of rotatable bonds is 8. The second-order valence-corrected chi connectivity index (χ2v) is 9.83. The fourth-order valence-electron chi connectivity index (χ4n) is 4.62. The smallest absolute Gasteiger partial charge is 0.214 e. The Morgan fingerprint density at radius 2 is 1.72 bits per heavy atom. The van der Waals surface area contributed by atoms with Crippen LogP contribution >= 0.6 is 11.6 Å². The highest BCUT2D eigenvalue weighted by atomic mass is 35.5. The minimum absolute atomic E-state index is 0.0113. The number of para-hydroxylation sites is 2. The van der Waals surface area contributed by atoms with E-state index >= 15 is 8.78 Å². The first kappa shape index (κ1) is 25.4. The number of fused-ring (bicyclic) bond motifs is 1. The maximum absolute atomic E-state index is 15.3. The van der Waals surface area contributed by atoms with Gasteiger partial charge in [-0.1, -0.05) is 35.9 Å². The third-order valence-electron chi connectivity index (χ3n) is 6.80. The molecular formula is C30H23ClF3N3O2. The van der Waals surface area contributed by atoms with Crippen LogP contribution in [0, 0.1) is 17.5 Å². The van der Waals surface area contributed by atoms with E-state index in [4.69, 9.17) is 21.1 Å². The van der Waals surface area contributed by atoms with E-state index in [1.54, 1.807) is 24.3 Å². The SMILES string of the molecule is Fc1cc(Cl)ccc1COc1cccc(-c2cc(F)c(Cc3nc4ccccc4n3C[C@@H]3CCO3)c(F)c2)n1. The van der Waals surface area contributed by atoms with Gasteiger partial charge in [-0.25, -0.2) is 23.1 Å². The van der Waals surface area contributed by atoms with Gasteiger partial charge in [-0.15, -0.1) is 0 Å². The van der Waals surface area contributed by atoms with Crippen LogP contribution in [0.2, 0.25) is 5.02 Å². The van der Waals surface area contributed by atoms with Crippen LogP contribution in [0.15, 0.2) is 72.8 Å². The first-order chi connectivity index (χ1) is 18.9. The molecule has 9 heteroatoms. The first-order valence-corrected chi connectivity index (χ1v) is 12.9. The van der Waals surface area contributed by atoms with Crippen LogP contribution in [0.3, 0.4) is 0 Å². The molecule has 3 heterocycles. The van der Waals surface area contributed by atoms with Gasteiger partial charge < -0.3 is 14.0 Å². The third kappa shape index (κ3) is 5.35. The quantitative estimate of drug-likeness (QED) is 0.207. The summed E-state index contributed by atoms with van der Waals surface area (Å²) in [5.74, 6) is -1.12. The predicted molar refractivity (Wildman–Crippen MR) is 142 cm³/mol. The summed E-state index contributed by atoms with van der Waals surface area (Å²) < 4.78 is 58.0. The highest BCUT2D eigenvalue weighted by Gasteiger charge is 2.23. The lowest BCUT2D eigenvalue weighted by molar-refractivity contribution is -0.0589. The number of aromatic nitrogens is 3. The highest BCUT2D eigenvalue weighted by Crippen LogP contribution is 2.28. The van der Waals surface area contributed by atoms with E-state index in [9.17, 15) is 4.39 Å². The van der Waals surface area contributed by atoms with Crippen molar-refractivity contribution in [3.63, 3.8) is 0 Å². The molecule has 5 aromatic rings. The number of pyridine rings is 1. The van der Waals surface area contributed by atoms with Crippen LogP contribution in [-0.4, -0.2) is 27.2 Å². The van der Waals surface area contributed by atoms with Gasteiger partial charge in [-0.3, -0.25) is 0 Å². The molecule has 39 heavy (non-hydrogen) atoms. The van der Waals surface area contributed by atoms with Gasteiger partial charge in [0.15, 0.2) is 0 Å². The molecule has 1 atom stereocenters. The maximum atomic E-state index is 15.3. The van der Waals surface area contributed by atoms with Crippen molar-refractivity contribution in [2.45, 2.75) is 32.1 Å². The van der Waals surface area contributed by atoms with Crippen molar-refractivity contribution in [2.75, 3.05) is 6.61 Å². The van der Waals surface area contributed by atoms with E-state index in [-0.39, 0.29) is 41.2 Å². The molecule has 0 bridgehead atoms. The van der Waals surface area contributed by atoms with Gasteiger partial charge in [0, 0.05) is 40.8 Å². The lowest BCUT2D eigenvalue weighted by Gasteiger charge is -2.27. The Morgan fingerprint density at radius 3 is 2.46 bits per heavy atom. The molecule has 5 nitrogen and oxygen atoms in total. The average molecular weight is 550 g/mol. The van der Waals surface area contributed by atoms with Gasteiger partial charge >= 0.3 is 0 Å². The topological polar surface area (TPSA) is 49.2 Å². The van der Waals surface area contributed by atoms with E-state index in [0.29, 0.717) is 23.6 Å². The van der Waals surface area contributed by atoms with Crippen molar-refractivity contribution in [2.24, 2.45) is 0 Å². The summed E-state index contributed by atoms with van der Waals surface area (Å²) in [6.07, 6.45) is 0.992. The van der Waals surface area contributed by atoms with Crippen LogP contribution in [-0.2, 0) is 24.3 Å². The van der Waals surface area contributed by atoms with Crippen LogP contribution in [0.25, 0.3) is 22.3 Å². The van der Waals surface area contributed by atoms with Gasteiger partial charge in [0.25, 0.3) is 0 Å². The number of hydrogen-bond acceptors (Lipinski definition) is 4. The molecule has 6 rings (SSSR count). The summed E-state index contributed by atoms with van der Waals surface area (Å²) in [5.41, 5.74) is 2.48. The Morgan fingerprint density at radius 1 is 0.923 bits per heavy atom. The molecular weight excluding hydrogens is 527 g/mol. The van der Waals surface area contributed by atoms with Gasteiger partial charge in [0.1, 0.15) is 29.9 Å². The molecule has 0 N–H and O–H groups in total. The second-order valence-electron chi connectivity index (χ2n) is 9.39. The fraction of sp³-hybridized carbons (Fsp3) is 0.200. The predicted octanol–water partition coefficient (Wildman–Crippen LogP) is 7.13. The minimum Gasteiger partial charge on any atom is -0.473 e. The van der Waals surface area contributed by atoms with E-state index in [1.807, 2.05) is 28.8 Å². The van der Waals surface area contributed by atoms with E-state index in [1.165, 1.54) is 24.3 Å². The summed E-state index contributed by atoms with van der Waals surface area (Å²) in [6, 6.07) is 19.3. The van der Waals surface area contributed by atoms with E-state index in [2.05, 4.69) is 9.97 Å². The minimum atomic E-state index is -0.695. The first-order valence-electron chi connectivity index (χ1n) is 12.5. The van der Waals surface area contributed by atoms with Crippen LogP contribution in [0.1, 0.15) is 23.4 Å². The number of hydrogen-bond donors (Lipinski definition) is 0. The molecule has 1 aliphatic heterocycles. The van der Waals surface area contributed by atoms with Gasteiger partial charge in [0.05, 0.1) is 29.4 Å². The zero-order chi connectivity index (χ0) is 26.9. The molecule has 1 aliphatic rings. The summed E-state index contributed by atoms with van der Waals surface area (Å²) in [7, 11) is 0. The number of benzene rings is 3. The van der Waals surface area contributed by atoms with Crippen LogP contribution in [0.4, 0.5) is 13.2 Å². The molecule has 2 aromatic heterocycles. The number of halogens is 4. The van der Waals surface area contributed by atoms with Crippen molar-refractivity contribution in [3.05, 3.63) is 112 Å². The molecule has 1 fully saturated rings. The molecule has 0 radical (unpaired) electrons. The summed E-state index contributed by atoms with van der Waals surface area (Å²) in [6.45, 7) is 1.22. The molecule has 198 valence electrons. The van der Waals surface area contributed by atoms with Crippen LogP contribution in [0.5, 0.6) is 5.88 Å². The Bertz CT molecular complexity index is 1650. The zero-order valence-corrected chi connectivity index (χ0v) is 21.5. The standard InChI is InChI=1S/C30H23ClF3N3O2/c31-20-9-8-18(23(32)14-20)17-39-30-7-3-5-26(36-30)19-12-24(33)22(25(34)13-19)15-29-35-27-4-1-2-6-28(27)37(29)16-21-10-11-38-21/h1-9,12-14,21H,10-11,15-17H2/t21-/m0/s1. The Hall–Kier alpha value is -3.88. The zero-order valence-electron chi connectivity index (χ0n) is 20.7. The fourth-order valence-corrected chi connectivity index (χ4v) is 4.78. The van der Waals surface area contributed by atoms with E-state index in [0.717, 1.165) is 24.1 Å². The molecule has 0 spiro atoms. The number of nitrogens with zero attached hydrogens (tertiary/aromatic N) is 3. The average Bonchev–Trinajstić information content (AvgIpc) is 3.24. The van der Waals surface area contributed by atoms with Crippen molar-refractivity contribution < 1.29 is 22.6 Å². The molecule has 3 aromatic carbocycles. The number of imidazole rings is 1. The Kier molecular flexibility index (Phi) is 6.97. The van der Waals surface area contributed by atoms with Crippen LogP contribution < -0.4 is 4.74 Å². The molecule has 0 amide bonds. The summed E-state index contributed by atoms with van der Waals surface area (Å²) >= 11 is 5.79. The Balaban J connectivity index is 1.25. The van der Waals surface area contributed by atoms with Crippen molar-refractivity contribution in [3.8, 4) is 17.1 Å².